The van der Waals surface area contributed by atoms with E-state index in [-0.39, 0.29) is 18.7 Å². The van der Waals surface area contributed by atoms with Gasteiger partial charge in [0.05, 0.1) is 29.2 Å². The van der Waals surface area contributed by atoms with E-state index in [2.05, 4.69) is 20.5 Å². The van der Waals surface area contributed by atoms with Gasteiger partial charge < -0.3 is 5.32 Å². The van der Waals surface area contributed by atoms with Crippen molar-refractivity contribution in [3.05, 3.63) is 65.6 Å². The quantitative estimate of drug-likeness (QED) is 0.671. The number of pyridine rings is 1. The Balaban J connectivity index is 1.55. The molecule has 1 atom stereocenters. The topological polar surface area (TPSA) is 70.7 Å². The van der Waals surface area contributed by atoms with E-state index in [1.165, 1.54) is 6.20 Å². The van der Waals surface area contributed by atoms with Gasteiger partial charge in [-0.2, -0.15) is 18.3 Å². The number of amides is 1. The molecule has 2 N–H and O–H groups in total. The lowest BCUT2D eigenvalue weighted by Crippen LogP contribution is -2.24. The number of hydrogen-bond acceptors (Lipinski definition) is 3. The number of rotatable bonds is 4. The van der Waals surface area contributed by atoms with Crippen LogP contribution in [0.5, 0.6) is 0 Å². The van der Waals surface area contributed by atoms with Gasteiger partial charge in [0.1, 0.15) is 0 Å². The zero-order chi connectivity index (χ0) is 20.4. The van der Waals surface area contributed by atoms with Crippen LogP contribution >= 0.6 is 0 Å². The monoisotopic (exact) mass is 400 g/mol. The number of hydrogen-bond donors (Lipinski definition) is 2. The van der Waals surface area contributed by atoms with Gasteiger partial charge in [-0.05, 0) is 37.0 Å². The molecule has 5 nitrogen and oxygen atoms in total. The predicted octanol–water partition coefficient (Wildman–Crippen LogP) is 4.63. The van der Waals surface area contributed by atoms with Gasteiger partial charge in [-0.15, -0.1) is 0 Å². The molecule has 0 unspecified atom stereocenters. The fourth-order valence-electron chi connectivity index (χ4n) is 3.58. The van der Waals surface area contributed by atoms with Crippen LogP contribution in [0.4, 0.5) is 13.2 Å². The molecule has 150 valence electrons. The summed E-state index contributed by atoms with van der Waals surface area (Å²) in [7, 11) is 0. The van der Waals surface area contributed by atoms with Crippen molar-refractivity contribution in [2.24, 2.45) is 5.92 Å². The first-order valence-corrected chi connectivity index (χ1v) is 9.33. The predicted molar refractivity (Wildman–Crippen MR) is 103 cm³/mol. The summed E-state index contributed by atoms with van der Waals surface area (Å²) in [5.74, 6) is -1.54. The van der Waals surface area contributed by atoms with Crippen LogP contribution in [-0.2, 0) is 6.54 Å². The molecule has 0 spiro atoms. The van der Waals surface area contributed by atoms with Crippen LogP contribution in [0.2, 0.25) is 0 Å². The molecule has 1 amide bonds. The summed E-state index contributed by atoms with van der Waals surface area (Å²) >= 11 is 0. The number of halogens is 3. The maximum atomic E-state index is 12.9. The molecule has 3 aromatic rings. The number of H-pyrrole nitrogens is 1. The Morgan fingerprint density at radius 2 is 2.14 bits per heavy atom. The summed E-state index contributed by atoms with van der Waals surface area (Å²) < 4.78 is 38.7. The Hall–Kier alpha value is -3.16. The van der Waals surface area contributed by atoms with Crippen molar-refractivity contribution in [2.45, 2.75) is 32.0 Å². The molecule has 8 heteroatoms. The van der Waals surface area contributed by atoms with Crippen LogP contribution in [-0.4, -0.2) is 27.3 Å². The first-order chi connectivity index (χ1) is 13.9. The zero-order valence-electron chi connectivity index (χ0n) is 15.5. The summed E-state index contributed by atoms with van der Waals surface area (Å²) in [6.45, 7) is 0.324. The number of alkyl halides is 3. The standard InChI is InChI=1S/C21H19F3N4O/c22-21(23,24)16-6-4-13(5-7-16)18-3-1-2-14-10-15(11-25-19(14)18)20(29)26-12-17-8-9-27-28-17/h1-4,8-11,16H,5-7,12H2,(H,26,29)(H,27,28)/t16-/m1/s1. The summed E-state index contributed by atoms with van der Waals surface area (Å²) in [5.41, 5.74) is 3.60. The number of nitrogens with zero attached hydrogens (tertiary/aromatic N) is 2. The third-order valence-electron chi connectivity index (χ3n) is 5.19. The highest BCUT2D eigenvalue weighted by atomic mass is 19.4. The molecule has 0 fully saturated rings. The second kappa shape index (κ2) is 7.69. The van der Waals surface area contributed by atoms with E-state index in [4.69, 9.17) is 0 Å². The average molecular weight is 400 g/mol. The molecule has 2 heterocycles. The molecule has 0 bridgehead atoms. The van der Waals surface area contributed by atoms with E-state index in [9.17, 15) is 18.0 Å². The maximum Gasteiger partial charge on any atom is 0.392 e. The number of para-hydroxylation sites is 1. The van der Waals surface area contributed by atoms with Crippen LogP contribution in [0.15, 0.2) is 48.8 Å². The van der Waals surface area contributed by atoms with Crippen LogP contribution in [0, 0.1) is 5.92 Å². The van der Waals surface area contributed by atoms with E-state index in [1.54, 1.807) is 24.4 Å². The molecule has 0 saturated carbocycles. The van der Waals surface area contributed by atoms with Crippen LogP contribution < -0.4 is 5.32 Å². The van der Waals surface area contributed by atoms with Crippen molar-refractivity contribution in [2.75, 3.05) is 0 Å². The molecule has 4 rings (SSSR count). The van der Waals surface area contributed by atoms with E-state index in [1.807, 2.05) is 18.2 Å². The molecule has 2 aromatic heterocycles. The summed E-state index contributed by atoms with van der Waals surface area (Å²) in [6.07, 6.45) is 1.05. The average Bonchev–Trinajstić information content (AvgIpc) is 3.24. The minimum atomic E-state index is -4.16. The zero-order valence-corrected chi connectivity index (χ0v) is 15.5. The fourth-order valence-corrected chi connectivity index (χ4v) is 3.58. The first kappa shape index (κ1) is 19.2. The maximum absolute atomic E-state index is 12.9. The van der Waals surface area contributed by atoms with Crippen LogP contribution in [0.25, 0.3) is 16.5 Å². The number of carbonyl (C=O) groups is 1. The fraction of sp³-hybridized carbons (Fsp3) is 0.286. The second-order valence-electron chi connectivity index (χ2n) is 7.11. The Labute approximate surface area is 165 Å². The van der Waals surface area contributed by atoms with E-state index < -0.39 is 12.1 Å². The second-order valence-corrected chi connectivity index (χ2v) is 7.11. The van der Waals surface area contributed by atoms with Gasteiger partial charge in [-0.1, -0.05) is 24.3 Å². The molecule has 0 aliphatic heterocycles. The third-order valence-corrected chi connectivity index (χ3v) is 5.19. The molecule has 1 aromatic carbocycles. The van der Waals surface area contributed by atoms with Crippen molar-refractivity contribution in [1.29, 1.82) is 0 Å². The normalized spacial score (nSPS) is 17.2. The highest BCUT2D eigenvalue weighted by molar-refractivity contribution is 5.99. The van der Waals surface area contributed by atoms with Gasteiger partial charge in [-0.25, -0.2) is 0 Å². The van der Waals surface area contributed by atoms with Crippen molar-refractivity contribution in [3.8, 4) is 0 Å². The number of carbonyl (C=O) groups excluding carboxylic acids is 1. The molecule has 0 saturated heterocycles. The van der Waals surface area contributed by atoms with Gasteiger partial charge in [0.2, 0.25) is 0 Å². The van der Waals surface area contributed by atoms with Gasteiger partial charge in [0, 0.05) is 23.3 Å². The lowest BCUT2D eigenvalue weighted by Gasteiger charge is -2.24. The number of fused-ring (bicyclic) bond motifs is 1. The number of allylic oxidation sites excluding steroid dienone is 2. The summed E-state index contributed by atoms with van der Waals surface area (Å²) in [4.78, 5) is 16.8. The van der Waals surface area contributed by atoms with Gasteiger partial charge in [0.15, 0.2) is 0 Å². The Kier molecular flexibility index (Phi) is 5.08. The Bertz CT molecular complexity index is 1060. The smallest absolute Gasteiger partial charge is 0.346 e. The third kappa shape index (κ3) is 4.16. The lowest BCUT2D eigenvalue weighted by atomic mass is 9.85. The summed E-state index contributed by atoms with van der Waals surface area (Å²) in [5, 5.41) is 10.2. The van der Waals surface area contributed by atoms with Crippen LogP contribution in [0.1, 0.15) is 40.9 Å². The number of benzene rings is 1. The Morgan fingerprint density at radius 3 is 2.83 bits per heavy atom. The molecular weight excluding hydrogens is 381 g/mol. The van der Waals surface area contributed by atoms with Gasteiger partial charge in [0.25, 0.3) is 5.91 Å². The van der Waals surface area contributed by atoms with E-state index in [0.29, 0.717) is 24.0 Å². The number of nitrogens with one attached hydrogen (secondary N) is 2. The van der Waals surface area contributed by atoms with Gasteiger partial charge in [-0.3, -0.25) is 14.9 Å². The van der Waals surface area contributed by atoms with Crippen molar-refractivity contribution >= 4 is 22.4 Å². The lowest BCUT2D eigenvalue weighted by molar-refractivity contribution is -0.175. The Morgan fingerprint density at radius 1 is 1.28 bits per heavy atom. The summed E-state index contributed by atoms with van der Waals surface area (Å²) in [6, 6.07) is 9.07. The van der Waals surface area contributed by atoms with Crippen LogP contribution in [0.3, 0.4) is 0 Å². The van der Waals surface area contributed by atoms with Gasteiger partial charge >= 0.3 is 6.18 Å². The van der Waals surface area contributed by atoms with Crippen molar-refractivity contribution < 1.29 is 18.0 Å². The number of aromatic nitrogens is 3. The largest absolute Gasteiger partial charge is 0.392 e. The number of aromatic amines is 1. The first-order valence-electron chi connectivity index (χ1n) is 9.33. The van der Waals surface area contributed by atoms with E-state index >= 15 is 0 Å². The highest BCUT2D eigenvalue weighted by Gasteiger charge is 2.39. The highest BCUT2D eigenvalue weighted by Crippen LogP contribution is 2.40. The minimum Gasteiger partial charge on any atom is -0.346 e. The SMILES string of the molecule is O=C(NCc1ccn[nH]1)c1cnc2c(C3=CC[C@@H](C(F)(F)F)CC3)cccc2c1. The molecule has 0 radical (unpaired) electrons. The van der Waals surface area contributed by atoms with Crippen molar-refractivity contribution in [1.82, 2.24) is 20.5 Å². The molecular formula is C21H19F3N4O. The minimum absolute atomic E-state index is 0.0106. The molecule has 1 aliphatic rings. The van der Waals surface area contributed by atoms with Crippen molar-refractivity contribution in [3.63, 3.8) is 0 Å². The molecule has 1 aliphatic carbocycles. The molecule has 29 heavy (non-hydrogen) atoms. The van der Waals surface area contributed by atoms with E-state index in [0.717, 1.165) is 22.2 Å².